The molecule has 1 aromatic rings. The molecule has 1 rings (SSSR count). The molecule has 17 heavy (non-hydrogen) atoms. The van der Waals surface area contributed by atoms with Gasteiger partial charge in [-0.2, -0.15) is 0 Å². The predicted molar refractivity (Wildman–Crippen MR) is 71.4 cm³/mol. The summed E-state index contributed by atoms with van der Waals surface area (Å²) < 4.78 is 14.6. The highest BCUT2D eigenvalue weighted by atomic mass is 79.9. The van der Waals surface area contributed by atoms with Crippen molar-refractivity contribution >= 4 is 15.9 Å². The van der Waals surface area contributed by atoms with Crippen LogP contribution in [0.3, 0.4) is 0 Å². The van der Waals surface area contributed by atoms with E-state index >= 15 is 0 Å². The fraction of sp³-hybridized carbons (Fsp3) is 0.538. The fourth-order valence-corrected chi connectivity index (χ4v) is 1.95. The van der Waals surface area contributed by atoms with Gasteiger partial charge in [0.15, 0.2) is 0 Å². The van der Waals surface area contributed by atoms with Gasteiger partial charge in [-0.1, -0.05) is 29.8 Å². The monoisotopic (exact) mass is 303 g/mol. The first-order valence-corrected chi connectivity index (χ1v) is 6.50. The van der Waals surface area contributed by atoms with Gasteiger partial charge in [0.1, 0.15) is 5.82 Å². The largest absolute Gasteiger partial charge is 0.394 e. The number of benzene rings is 1. The van der Waals surface area contributed by atoms with Gasteiger partial charge < -0.3 is 10.4 Å². The molecule has 0 spiro atoms. The van der Waals surface area contributed by atoms with E-state index in [0.717, 1.165) is 11.0 Å². The molecule has 0 aliphatic rings. The molecule has 0 amide bonds. The molecule has 0 aliphatic heterocycles. The van der Waals surface area contributed by atoms with Crippen LogP contribution in [0.4, 0.5) is 4.39 Å². The summed E-state index contributed by atoms with van der Waals surface area (Å²) in [6, 6.07) is 4.77. The van der Waals surface area contributed by atoms with Gasteiger partial charge in [0.2, 0.25) is 0 Å². The summed E-state index contributed by atoms with van der Waals surface area (Å²) >= 11 is 3.32. The van der Waals surface area contributed by atoms with Crippen molar-refractivity contribution in [2.45, 2.75) is 26.3 Å². The second-order valence-electron chi connectivity index (χ2n) is 4.89. The SMILES string of the molecule is CC(C)CNC(C)(CO)c1cc(Br)ccc1F. The maximum absolute atomic E-state index is 13.8. The van der Waals surface area contributed by atoms with Gasteiger partial charge in [-0.15, -0.1) is 0 Å². The van der Waals surface area contributed by atoms with Crippen LogP contribution < -0.4 is 5.32 Å². The minimum absolute atomic E-state index is 0.146. The van der Waals surface area contributed by atoms with Crippen LogP contribution in [0.15, 0.2) is 22.7 Å². The quantitative estimate of drug-likeness (QED) is 0.876. The van der Waals surface area contributed by atoms with Crippen molar-refractivity contribution < 1.29 is 9.50 Å². The molecule has 96 valence electrons. The topological polar surface area (TPSA) is 32.3 Å². The first-order chi connectivity index (χ1) is 7.89. The lowest BCUT2D eigenvalue weighted by atomic mass is 9.92. The Morgan fingerprint density at radius 1 is 1.47 bits per heavy atom. The molecule has 4 heteroatoms. The molecule has 2 N–H and O–H groups in total. The van der Waals surface area contributed by atoms with Gasteiger partial charge in [0.25, 0.3) is 0 Å². The zero-order valence-corrected chi connectivity index (χ0v) is 12.0. The summed E-state index contributed by atoms with van der Waals surface area (Å²) in [5.41, 5.74) is -0.270. The highest BCUT2D eigenvalue weighted by Crippen LogP contribution is 2.26. The number of nitrogens with one attached hydrogen (secondary N) is 1. The molecule has 0 saturated carbocycles. The second kappa shape index (κ2) is 5.94. The summed E-state index contributed by atoms with van der Waals surface area (Å²) in [6.45, 7) is 6.53. The molecule has 1 unspecified atom stereocenters. The van der Waals surface area contributed by atoms with Crippen molar-refractivity contribution in [1.29, 1.82) is 0 Å². The summed E-state index contributed by atoms with van der Waals surface area (Å²) in [5.74, 6) is 0.136. The Morgan fingerprint density at radius 3 is 2.65 bits per heavy atom. The van der Waals surface area contributed by atoms with Crippen LogP contribution in [0.2, 0.25) is 0 Å². The van der Waals surface area contributed by atoms with Gasteiger partial charge >= 0.3 is 0 Å². The summed E-state index contributed by atoms with van der Waals surface area (Å²) in [5, 5.41) is 12.7. The molecule has 0 fully saturated rings. The van der Waals surface area contributed by atoms with E-state index in [-0.39, 0.29) is 12.4 Å². The fourth-order valence-electron chi connectivity index (χ4n) is 1.59. The lowest BCUT2D eigenvalue weighted by Crippen LogP contribution is -2.45. The molecule has 0 heterocycles. The van der Waals surface area contributed by atoms with Crippen LogP contribution in [0, 0.1) is 11.7 Å². The Bertz CT molecular complexity index is 384. The van der Waals surface area contributed by atoms with Crippen molar-refractivity contribution in [3.8, 4) is 0 Å². The van der Waals surface area contributed by atoms with E-state index < -0.39 is 5.54 Å². The number of hydrogen-bond donors (Lipinski definition) is 2. The third-order valence-electron chi connectivity index (χ3n) is 2.74. The average Bonchev–Trinajstić information content (AvgIpc) is 2.29. The van der Waals surface area contributed by atoms with Crippen LogP contribution >= 0.6 is 15.9 Å². The number of halogens is 2. The first-order valence-electron chi connectivity index (χ1n) is 5.70. The number of hydrogen-bond acceptors (Lipinski definition) is 2. The van der Waals surface area contributed by atoms with Crippen LogP contribution in [-0.2, 0) is 5.54 Å². The van der Waals surface area contributed by atoms with Crippen LogP contribution in [0.5, 0.6) is 0 Å². The van der Waals surface area contributed by atoms with Gasteiger partial charge in [-0.3, -0.25) is 0 Å². The number of aliphatic hydroxyl groups excluding tert-OH is 1. The van der Waals surface area contributed by atoms with E-state index in [1.807, 2.05) is 0 Å². The number of rotatable bonds is 5. The third kappa shape index (κ3) is 3.76. The molecule has 2 nitrogen and oxygen atoms in total. The normalized spacial score (nSPS) is 15.0. The van der Waals surface area contributed by atoms with E-state index in [4.69, 9.17) is 0 Å². The molecule has 0 bridgehead atoms. The second-order valence-corrected chi connectivity index (χ2v) is 5.80. The van der Waals surface area contributed by atoms with Gasteiger partial charge in [-0.25, -0.2) is 4.39 Å². The standard InChI is InChI=1S/C13H19BrFNO/c1-9(2)7-16-13(3,8-17)11-6-10(14)4-5-12(11)15/h4-6,9,16-17H,7-8H2,1-3H3. The van der Waals surface area contributed by atoms with Crippen molar-refractivity contribution in [2.75, 3.05) is 13.2 Å². The highest BCUT2D eigenvalue weighted by molar-refractivity contribution is 9.10. The van der Waals surface area contributed by atoms with Crippen LogP contribution in [0.25, 0.3) is 0 Å². The lowest BCUT2D eigenvalue weighted by molar-refractivity contribution is 0.167. The first kappa shape index (κ1) is 14.6. The van der Waals surface area contributed by atoms with E-state index in [1.54, 1.807) is 19.1 Å². The summed E-state index contributed by atoms with van der Waals surface area (Å²) in [6.07, 6.45) is 0. The van der Waals surface area contributed by atoms with Crippen LogP contribution in [-0.4, -0.2) is 18.3 Å². The molecule has 0 radical (unpaired) electrons. The van der Waals surface area contributed by atoms with E-state index in [9.17, 15) is 9.50 Å². The minimum atomic E-state index is -0.752. The molecule has 0 aliphatic carbocycles. The summed E-state index contributed by atoms with van der Waals surface area (Å²) in [7, 11) is 0. The van der Waals surface area contributed by atoms with Crippen LogP contribution in [0.1, 0.15) is 26.3 Å². The third-order valence-corrected chi connectivity index (χ3v) is 3.23. The Kier molecular flexibility index (Phi) is 5.10. The summed E-state index contributed by atoms with van der Waals surface area (Å²) in [4.78, 5) is 0. The maximum atomic E-state index is 13.8. The Hall–Kier alpha value is -0.450. The van der Waals surface area contributed by atoms with E-state index in [1.165, 1.54) is 6.07 Å². The van der Waals surface area contributed by atoms with E-state index in [2.05, 4.69) is 35.1 Å². The smallest absolute Gasteiger partial charge is 0.128 e. The van der Waals surface area contributed by atoms with Crippen molar-refractivity contribution in [3.05, 3.63) is 34.1 Å². The molecular weight excluding hydrogens is 285 g/mol. The highest BCUT2D eigenvalue weighted by Gasteiger charge is 2.28. The number of aliphatic hydroxyl groups is 1. The maximum Gasteiger partial charge on any atom is 0.128 e. The minimum Gasteiger partial charge on any atom is -0.394 e. The van der Waals surface area contributed by atoms with Crippen molar-refractivity contribution in [3.63, 3.8) is 0 Å². The van der Waals surface area contributed by atoms with E-state index in [0.29, 0.717) is 11.5 Å². The molecule has 0 aromatic heterocycles. The van der Waals surface area contributed by atoms with Gasteiger partial charge in [-0.05, 0) is 37.6 Å². The van der Waals surface area contributed by atoms with Crippen molar-refractivity contribution in [1.82, 2.24) is 5.32 Å². The Labute approximate surface area is 110 Å². The predicted octanol–water partition coefficient (Wildman–Crippen LogP) is 3.04. The van der Waals surface area contributed by atoms with Crippen molar-refractivity contribution in [2.24, 2.45) is 5.92 Å². The average molecular weight is 304 g/mol. The van der Waals surface area contributed by atoms with Gasteiger partial charge in [0, 0.05) is 10.0 Å². The zero-order chi connectivity index (χ0) is 13.1. The Morgan fingerprint density at radius 2 is 2.12 bits per heavy atom. The van der Waals surface area contributed by atoms with Gasteiger partial charge in [0.05, 0.1) is 12.1 Å². The molecule has 0 saturated heterocycles. The molecular formula is C13H19BrFNO. The Balaban J connectivity index is 3.02. The lowest BCUT2D eigenvalue weighted by Gasteiger charge is -2.31. The molecule has 1 aromatic carbocycles. The zero-order valence-electron chi connectivity index (χ0n) is 10.4. The molecule has 1 atom stereocenters.